The number of aryl methyl sites for hydroxylation is 1. The molecule has 0 aliphatic carbocycles. The van der Waals surface area contributed by atoms with E-state index in [9.17, 15) is 0 Å². The molecule has 1 aromatic carbocycles. The fourth-order valence-electron chi connectivity index (χ4n) is 2.88. The first kappa shape index (κ1) is 14.2. The zero-order valence-electron chi connectivity index (χ0n) is 12.3. The SMILES string of the molecule is COc1cc(CC2(N)CCN(C)C2)c(OC)cc1C. The van der Waals surface area contributed by atoms with Gasteiger partial charge in [-0.15, -0.1) is 0 Å². The first-order chi connectivity index (χ1) is 8.97. The molecule has 0 radical (unpaired) electrons. The third-order valence-electron chi connectivity index (χ3n) is 3.92. The summed E-state index contributed by atoms with van der Waals surface area (Å²) < 4.78 is 10.9. The molecule has 0 amide bonds. The zero-order chi connectivity index (χ0) is 14.0. The van der Waals surface area contributed by atoms with Gasteiger partial charge in [0.05, 0.1) is 14.2 Å². The Morgan fingerprint density at radius 3 is 2.47 bits per heavy atom. The van der Waals surface area contributed by atoms with Gasteiger partial charge in [0, 0.05) is 12.1 Å². The van der Waals surface area contributed by atoms with Gasteiger partial charge in [-0.25, -0.2) is 0 Å². The van der Waals surface area contributed by atoms with E-state index in [1.807, 2.05) is 13.0 Å². The van der Waals surface area contributed by atoms with E-state index < -0.39 is 0 Å². The number of likely N-dealkylation sites (N-methyl/N-ethyl adjacent to an activating group) is 1. The van der Waals surface area contributed by atoms with Crippen LogP contribution in [0.25, 0.3) is 0 Å². The second-order valence-corrected chi connectivity index (χ2v) is 5.66. The largest absolute Gasteiger partial charge is 0.496 e. The van der Waals surface area contributed by atoms with Crippen molar-refractivity contribution in [1.82, 2.24) is 4.90 Å². The quantitative estimate of drug-likeness (QED) is 0.897. The van der Waals surface area contributed by atoms with E-state index in [4.69, 9.17) is 15.2 Å². The number of nitrogens with zero attached hydrogens (tertiary/aromatic N) is 1. The van der Waals surface area contributed by atoms with Crippen molar-refractivity contribution in [1.29, 1.82) is 0 Å². The standard InChI is InChI=1S/C15H24N2O2/c1-11-7-14(19-4)12(8-13(11)18-3)9-15(16)5-6-17(2)10-15/h7-8H,5-6,9-10,16H2,1-4H3. The van der Waals surface area contributed by atoms with Crippen molar-refractivity contribution in [2.45, 2.75) is 25.3 Å². The van der Waals surface area contributed by atoms with Gasteiger partial charge in [-0.1, -0.05) is 0 Å². The van der Waals surface area contributed by atoms with Crippen LogP contribution in [0.1, 0.15) is 17.5 Å². The van der Waals surface area contributed by atoms with E-state index in [1.165, 1.54) is 0 Å². The summed E-state index contributed by atoms with van der Waals surface area (Å²) in [5.41, 5.74) is 8.54. The van der Waals surface area contributed by atoms with Crippen LogP contribution < -0.4 is 15.2 Å². The van der Waals surface area contributed by atoms with Crippen LogP contribution in [0.4, 0.5) is 0 Å². The monoisotopic (exact) mass is 264 g/mol. The molecule has 1 aliphatic rings. The number of methoxy groups -OCH3 is 2. The van der Waals surface area contributed by atoms with Crippen molar-refractivity contribution in [2.75, 3.05) is 34.4 Å². The van der Waals surface area contributed by atoms with Crippen LogP contribution >= 0.6 is 0 Å². The average Bonchev–Trinajstić information content (AvgIpc) is 2.70. The highest BCUT2D eigenvalue weighted by Crippen LogP contribution is 2.32. The summed E-state index contributed by atoms with van der Waals surface area (Å²) in [5, 5.41) is 0. The fraction of sp³-hybridized carbons (Fsp3) is 0.600. The minimum absolute atomic E-state index is 0.164. The maximum atomic E-state index is 6.50. The Labute approximate surface area is 115 Å². The molecular formula is C15H24N2O2. The molecule has 0 spiro atoms. The molecular weight excluding hydrogens is 240 g/mol. The first-order valence-electron chi connectivity index (χ1n) is 6.66. The van der Waals surface area contributed by atoms with E-state index in [0.29, 0.717) is 0 Å². The Morgan fingerprint density at radius 1 is 1.26 bits per heavy atom. The molecule has 0 bridgehead atoms. The van der Waals surface area contributed by atoms with Gasteiger partial charge >= 0.3 is 0 Å². The van der Waals surface area contributed by atoms with E-state index in [0.717, 1.165) is 48.6 Å². The highest BCUT2D eigenvalue weighted by Gasteiger charge is 2.33. The van der Waals surface area contributed by atoms with Crippen molar-refractivity contribution in [3.8, 4) is 11.5 Å². The molecule has 1 saturated heterocycles. The number of rotatable bonds is 4. The number of hydrogen-bond acceptors (Lipinski definition) is 4. The van der Waals surface area contributed by atoms with Crippen molar-refractivity contribution < 1.29 is 9.47 Å². The fourth-order valence-corrected chi connectivity index (χ4v) is 2.88. The molecule has 19 heavy (non-hydrogen) atoms. The van der Waals surface area contributed by atoms with E-state index in [1.54, 1.807) is 14.2 Å². The summed E-state index contributed by atoms with van der Waals surface area (Å²) in [6, 6.07) is 4.08. The Hall–Kier alpha value is -1.26. The van der Waals surface area contributed by atoms with Gasteiger partial charge in [-0.3, -0.25) is 0 Å². The Balaban J connectivity index is 2.28. The van der Waals surface area contributed by atoms with Crippen molar-refractivity contribution in [3.05, 3.63) is 23.3 Å². The summed E-state index contributed by atoms with van der Waals surface area (Å²) in [6.07, 6.45) is 1.83. The Kier molecular flexibility index (Phi) is 4.02. The molecule has 1 atom stereocenters. The number of likely N-dealkylation sites (tertiary alicyclic amines) is 1. The van der Waals surface area contributed by atoms with Gasteiger partial charge in [0.15, 0.2) is 0 Å². The van der Waals surface area contributed by atoms with Crippen LogP contribution in [0.15, 0.2) is 12.1 Å². The average molecular weight is 264 g/mol. The van der Waals surface area contributed by atoms with Gasteiger partial charge in [-0.05, 0) is 56.6 Å². The Bertz CT molecular complexity index is 462. The van der Waals surface area contributed by atoms with Gasteiger partial charge in [0.2, 0.25) is 0 Å². The molecule has 0 saturated carbocycles. The lowest BCUT2D eigenvalue weighted by Gasteiger charge is -2.25. The first-order valence-corrected chi connectivity index (χ1v) is 6.66. The normalized spacial score (nSPS) is 23.6. The smallest absolute Gasteiger partial charge is 0.122 e. The number of hydrogen-bond donors (Lipinski definition) is 1. The molecule has 2 rings (SSSR count). The van der Waals surface area contributed by atoms with Crippen LogP contribution in [-0.2, 0) is 6.42 Å². The number of benzene rings is 1. The summed E-state index contributed by atoms with van der Waals surface area (Å²) in [6.45, 7) is 4.00. The molecule has 4 heteroatoms. The molecule has 1 aromatic rings. The summed E-state index contributed by atoms with van der Waals surface area (Å²) in [4.78, 5) is 2.28. The van der Waals surface area contributed by atoms with Gasteiger partial charge in [0.1, 0.15) is 11.5 Å². The Morgan fingerprint density at radius 2 is 1.95 bits per heavy atom. The van der Waals surface area contributed by atoms with Crippen LogP contribution in [0.2, 0.25) is 0 Å². The van der Waals surface area contributed by atoms with Crippen molar-refractivity contribution in [3.63, 3.8) is 0 Å². The highest BCUT2D eigenvalue weighted by atomic mass is 16.5. The van der Waals surface area contributed by atoms with Crippen molar-refractivity contribution in [2.24, 2.45) is 5.73 Å². The molecule has 1 unspecified atom stereocenters. The summed E-state index contributed by atoms with van der Waals surface area (Å²) >= 11 is 0. The molecule has 1 fully saturated rings. The van der Waals surface area contributed by atoms with Crippen LogP contribution in [0, 0.1) is 6.92 Å². The van der Waals surface area contributed by atoms with E-state index >= 15 is 0 Å². The summed E-state index contributed by atoms with van der Waals surface area (Å²) in [7, 11) is 5.51. The molecule has 1 heterocycles. The number of ether oxygens (including phenoxy) is 2. The third-order valence-corrected chi connectivity index (χ3v) is 3.92. The highest BCUT2D eigenvalue weighted by molar-refractivity contribution is 5.46. The maximum Gasteiger partial charge on any atom is 0.122 e. The lowest BCUT2D eigenvalue weighted by atomic mass is 9.90. The second-order valence-electron chi connectivity index (χ2n) is 5.66. The minimum Gasteiger partial charge on any atom is -0.496 e. The van der Waals surface area contributed by atoms with Gasteiger partial charge < -0.3 is 20.1 Å². The minimum atomic E-state index is -0.164. The lowest BCUT2D eigenvalue weighted by Crippen LogP contribution is -2.44. The predicted octanol–water partition coefficient (Wildman–Crippen LogP) is 1.59. The maximum absolute atomic E-state index is 6.50. The van der Waals surface area contributed by atoms with Gasteiger partial charge in [-0.2, -0.15) is 0 Å². The van der Waals surface area contributed by atoms with Gasteiger partial charge in [0.25, 0.3) is 0 Å². The lowest BCUT2D eigenvalue weighted by molar-refractivity contribution is 0.357. The van der Waals surface area contributed by atoms with Crippen LogP contribution in [0.5, 0.6) is 11.5 Å². The van der Waals surface area contributed by atoms with Crippen LogP contribution in [0.3, 0.4) is 0 Å². The zero-order valence-corrected chi connectivity index (χ0v) is 12.3. The molecule has 106 valence electrons. The van der Waals surface area contributed by atoms with Crippen LogP contribution in [-0.4, -0.2) is 44.8 Å². The topological polar surface area (TPSA) is 47.7 Å². The van der Waals surface area contributed by atoms with E-state index in [-0.39, 0.29) is 5.54 Å². The molecule has 0 aromatic heterocycles. The predicted molar refractivity (Wildman–Crippen MR) is 77.0 cm³/mol. The summed E-state index contributed by atoms with van der Waals surface area (Å²) in [5.74, 6) is 1.79. The third kappa shape index (κ3) is 3.01. The molecule has 1 aliphatic heterocycles. The number of nitrogens with two attached hydrogens (primary N) is 1. The second kappa shape index (κ2) is 5.39. The van der Waals surface area contributed by atoms with Crippen molar-refractivity contribution >= 4 is 0 Å². The molecule has 2 N–H and O–H groups in total. The molecule has 4 nitrogen and oxygen atoms in total. The van der Waals surface area contributed by atoms with E-state index in [2.05, 4.69) is 18.0 Å².